The SMILES string of the molecule is COC(=O)c1ccc(Cl)c(Cc2cc3c(C)cc(OC)cc3n2C)c1Cl. The Morgan fingerprint density at radius 3 is 2.54 bits per heavy atom. The van der Waals surface area contributed by atoms with Gasteiger partial charge in [-0.3, -0.25) is 0 Å². The average Bonchev–Trinajstić information content (AvgIpc) is 2.94. The van der Waals surface area contributed by atoms with Gasteiger partial charge in [-0.15, -0.1) is 0 Å². The van der Waals surface area contributed by atoms with Crippen LogP contribution < -0.4 is 4.74 Å². The molecule has 0 N–H and O–H groups in total. The topological polar surface area (TPSA) is 40.5 Å². The van der Waals surface area contributed by atoms with Crippen LogP contribution in [0, 0.1) is 6.92 Å². The summed E-state index contributed by atoms with van der Waals surface area (Å²) in [7, 11) is 4.97. The van der Waals surface area contributed by atoms with Crippen LogP contribution in [0.15, 0.2) is 30.3 Å². The van der Waals surface area contributed by atoms with Gasteiger partial charge >= 0.3 is 5.97 Å². The summed E-state index contributed by atoms with van der Waals surface area (Å²) in [6, 6.07) is 9.37. The second kappa shape index (κ2) is 7.22. The summed E-state index contributed by atoms with van der Waals surface area (Å²) in [6.07, 6.45) is 0.495. The number of hydrogen-bond donors (Lipinski definition) is 0. The Morgan fingerprint density at radius 1 is 1.15 bits per heavy atom. The molecule has 3 aromatic rings. The largest absolute Gasteiger partial charge is 0.497 e. The Bertz CT molecular complexity index is 1010. The molecule has 0 saturated heterocycles. The van der Waals surface area contributed by atoms with E-state index < -0.39 is 5.97 Å². The molecule has 26 heavy (non-hydrogen) atoms. The van der Waals surface area contributed by atoms with Crippen LogP contribution in [0.3, 0.4) is 0 Å². The maximum absolute atomic E-state index is 11.9. The number of aryl methyl sites for hydroxylation is 2. The lowest BCUT2D eigenvalue weighted by molar-refractivity contribution is 0.0601. The fourth-order valence-corrected chi connectivity index (χ4v) is 3.71. The number of rotatable bonds is 4. The quantitative estimate of drug-likeness (QED) is 0.575. The van der Waals surface area contributed by atoms with Gasteiger partial charge < -0.3 is 14.0 Å². The number of aromatic nitrogens is 1. The highest BCUT2D eigenvalue weighted by atomic mass is 35.5. The van der Waals surface area contributed by atoms with Gasteiger partial charge in [0.15, 0.2) is 0 Å². The predicted molar refractivity (Wildman–Crippen MR) is 105 cm³/mol. The van der Waals surface area contributed by atoms with Crippen molar-refractivity contribution in [3.8, 4) is 5.75 Å². The van der Waals surface area contributed by atoms with Crippen LogP contribution >= 0.6 is 23.2 Å². The molecule has 0 aliphatic carbocycles. The number of carbonyl (C=O) groups excluding carboxylic acids is 1. The molecule has 0 bridgehead atoms. The van der Waals surface area contributed by atoms with Gasteiger partial charge in [0.1, 0.15) is 5.75 Å². The van der Waals surface area contributed by atoms with Crippen molar-refractivity contribution in [3.63, 3.8) is 0 Å². The number of halogens is 2. The van der Waals surface area contributed by atoms with Crippen molar-refractivity contribution in [3.05, 3.63) is 62.8 Å². The predicted octanol–water partition coefficient (Wildman–Crippen LogP) is 5.18. The maximum atomic E-state index is 11.9. The van der Waals surface area contributed by atoms with Crippen LogP contribution in [-0.4, -0.2) is 24.8 Å². The summed E-state index contributed by atoms with van der Waals surface area (Å²) in [4.78, 5) is 11.9. The average molecular weight is 392 g/mol. The van der Waals surface area contributed by atoms with Crippen molar-refractivity contribution in [2.24, 2.45) is 7.05 Å². The van der Waals surface area contributed by atoms with Gasteiger partial charge in [-0.25, -0.2) is 4.79 Å². The molecule has 2 aromatic carbocycles. The number of fused-ring (bicyclic) bond motifs is 1. The molecule has 3 rings (SSSR count). The lowest BCUT2D eigenvalue weighted by Crippen LogP contribution is -2.05. The molecule has 1 aromatic heterocycles. The Labute approximate surface area is 162 Å². The van der Waals surface area contributed by atoms with Gasteiger partial charge in [0.25, 0.3) is 0 Å². The van der Waals surface area contributed by atoms with Crippen LogP contribution in [0.4, 0.5) is 0 Å². The molecule has 1 heterocycles. The zero-order valence-electron chi connectivity index (χ0n) is 15.0. The van der Waals surface area contributed by atoms with E-state index in [2.05, 4.69) is 10.6 Å². The highest BCUT2D eigenvalue weighted by molar-refractivity contribution is 6.38. The molecule has 0 unspecified atom stereocenters. The van der Waals surface area contributed by atoms with E-state index in [9.17, 15) is 4.79 Å². The van der Waals surface area contributed by atoms with E-state index in [1.807, 2.05) is 26.1 Å². The normalized spacial score (nSPS) is 11.0. The summed E-state index contributed by atoms with van der Waals surface area (Å²) in [5, 5.41) is 1.98. The number of carbonyl (C=O) groups is 1. The molecule has 0 aliphatic rings. The van der Waals surface area contributed by atoms with E-state index >= 15 is 0 Å². The van der Waals surface area contributed by atoms with E-state index in [0.717, 1.165) is 27.9 Å². The lowest BCUT2D eigenvalue weighted by Gasteiger charge is -2.11. The van der Waals surface area contributed by atoms with Crippen molar-refractivity contribution in [2.75, 3.05) is 14.2 Å². The third kappa shape index (κ3) is 3.15. The molecular formula is C20H19Cl2NO3. The van der Waals surface area contributed by atoms with Crippen LogP contribution in [0.5, 0.6) is 5.75 Å². The zero-order valence-corrected chi connectivity index (χ0v) is 16.5. The van der Waals surface area contributed by atoms with E-state index in [4.69, 9.17) is 32.7 Å². The van der Waals surface area contributed by atoms with Gasteiger partial charge in [-0.2, -0.15) is 0 Å². The van der Waals surface area contributed by atoms with Crippen LogP contribution in [0.25, 0.3) is 10.9 Å². The second-order valence-corrected chi connectivity index (χ2v) is 6.91. The number of benzene rings is 2. The van der Waals surface area contributed by atoms with Gasteiger partial charge in [0.05, 0.1) is 30.3 Å². The Morgan fingerprint density at radius 2 is 1.88 bits per heavy atom. The smallest absolute Gasteiger partial charge is 0.339 e. The molecule has 4 nitrogen and oxygen atoms in total. The highest BCUT2D eigenvalue weighted by Gasteiger charge is 2.19. The molecule has 0 saturated carbocycles. The van der Waals surface area contributed by atoms with Crippen LogP contribution in [0.2, 0.25) is 10.0 Å². The van der Waals surface area contributed by atoms with Crippen molar-refractivity contribution >= 4 is 40.1 Å². The Balaban J connectivity index is 2.11. The van der Waals surface area contributed by atoms with Gasteiger partial charge in [-0.05, 0) is 42.3 Å². The van der Waals surface area contributed by atoms with E-state index in [0.29, 0.717) is 27.6 Å². The summed E-state index contributed by atoms with van der Waals surface area (Å²) in [5.41, 5.74) is 4.23. The molecule has 0 fully saturated rings. The minimum Gasteiger partial charge on any atom is -0.497 e. The van der Waals surface area contributed by atoms with Crippen molar-refractivity contribution in [1.82, 2.24) is 4.57 Å². The second-order valence-electron chi connectivity index (χ2n) is 6.13. The summed E-state index contributed by atoms with van der Waals surface area (Å²) < 4.78 is 12.2. The Hall–Kier alpha value is -2.17. The highest BCUT2D eigenvalue weighted by Crippen LogP contribution is 2.33. The lowest BCUT2D eigenvalue weighted by atomic mass is 10.1. The number of nitrogens with zero attached hydrogens (tertiary/aromatic N) is 1. The van der Waals surface area contributed by atoms with Crippen molar-refractivity contribution < 1.29 is 14.3 Å². The molecule has 0 atom stereocenters. The fraction of sp³-hybridized carbons (Fsp3) is 0.250. The first-order chi connectivity index (χ1) is 12.4. The van der Waals surface area contributed by atoms with Gasteiger partial charge in [0.2, 0.25) is 0 Å². The zero-order chi connectivity index (χ0) is 19.0. The van der Waals surface area contributed by atoms with E-state index in [-0.39, 0.29) is 0 Å². The monoisotopic (exact) mass is 391 g/mol. The van der Waals surface area contributed by atoms with Crippen molar-refractivity contribution in [1.29, 1.82) is 0 Å². The molecule has 136 valence electrons. The maximum Gasteiger partial charge on any atom is 0.339 e. The standard InChI is InChI=1S/C20H19Cl2NO3/c1-11-7-13(25-3)10-18-15(11)8-12(23(18)2)9-16-17(21)6-5-14(19(16)22)20(24)26-4/h5-8,10H,9H2,1-4H3. The Kier molecular flexibility index (Phi) is 5.17. The minimum absolute atomic E-state index is 0.310. The van der Waals surface area contributed by atoms with Crippen LogP contribution in [0.1, 0.15) is 27.2 Å². The number of esters is 1. The molecule has 6 heteroatoms. The van der Waals surface area contributed by atoms with E-state index in [1.54, 1.807) is 19.2 Å². The molecular weight excluding hydrogens is 373 g/mol. The molecule has 0 amide bonds. The number of methoxy groups -OCH3 is 2. The molecule has 0 aliphatic heterocycles. The van der Waals surface area contributed by atoms with Crippen LogP contribution in [-0.2, 0) is 18.2 Å². The molecule has 0 spiro atoms. The first kappa shape index (κ1) is 18.6. The number of hydrogen-bond acceptors (Lipinski definition) is 3. The third-order valence-electron chi connectivity index (χ3n) is 4.63. The van der Waals surface area contributed by atoms with Gasteiger partial charge in [-0.1, -0.05) is 23.2 Å². The number of ether oxygens (including phenoxy) is 2. The summed E-state index contributed by atoms with van der Waals surface area (Å²) >= 11 is 12.8. The first-order valence-corrected chi connectivity index (χ1v) is 8.81. The first-order valence-electron chi connectivity index (χ1n) is 8.05. The summed E-state index contributed by atoms with van der Waals surface area (Å²) in [6.45, 7) is 2.05. The van der Waals surface area contributed by atoms with Gasteiger partial charge in [0, 0.05) is 35.6 Å². The fourth-order valence-electron chi connectivity index (χ4n) is 3.13. The van der Waals surface area contributed by atoms with E-state index in [1.165, 1.54) is 7.11 Å². The summed E-state index contributed by atoms with van der Waals surface area (Å²) in [5.74, 6) is 0.331. The third-order valence-corrected chi connectivity index (χ3v) is 5.41. The van der Waals surface area contributed by atoms with Crippen molar-refractivity contribution in [2.45, 2.75) is 13.3 Å². The molecule has 0 radical (unpaired) electrons. The minimum atomic E-state index is -0.481.